The van der Waals surface area contributed by atoms with Crippen molar-refractivity contribution in [2.75, 3.05) is 7.11 Å². The summed E-state index contributed by atoms with van der Waals surface area (Å²) in [6, 6.07) is 17.3. The lowest BCUT2D eigenvalue weighted by Gasteiger charge is -2.48. The van der Waals surface area contributed by atoms with Gasteiger partial charge in [-0.3, -0.25) is 4.90 Å². The molecule has 3 aromatic rings. The minimum Gasteiger partial charge on any atom is -0.497 e. The van der Waals surface area contributed by atoms with E-state index in [4.69, 9.17) is 4.74 Å². The van der Waals surface area contributed by atoms with Crippen LogP contribution in [0, 0.1) is 0 Å². The molecule has 1 saturated heterocycles. The van der Waals surface area contributed by atoms with E-state index in [1.807, 2.05) is 6.07 Å². The van der Waals surface area contributed by atoms with Gasteiger partial charge in [-0.2, -0.15) is 0 Å². The maximum absolute atomic E-state index is 10.7. The first-order valence-electron chi connectivity index (χ1n) is 9.41. The molecule has 26 heavy (non-hydrogen) atoms. The third-order valence-corrected chi connectivity index (χ3v) is 6.11. The van der Waals surface area contributed by atoms with Crippen molar-refractivity contribution in [2.45, 2.75) is 44.0 Å². The van der Waals surface area contributed by atoms with E-state index in [-0.39, 0.29) is 12.1 Å². The largest absolute Gasteiger partial charge is 0.497 e. The Kier molecular flexibility index (Phi) is 3.76. The average Bonchev–Trinajstić information content (AvgIpc) is 3.03. The maximum atomic E-state index is 10.7. The number of nitrogens with one attached hydrogen (secondary N) is 1. The summed E-state index contributed by atoms with van der Waals surface area (Å²) in [4.78, 5) is 6.17. The van der Waals surface area contributed by atoms with E-state index in [1.54, 1.807) is 7.11 Å². The Balaban J connectivity index is 1.59. The summed E-state index contributed by atoms with van der Waals surface area (Å²) in [7, 11) is 1.71. The summed E-state index contributed by atoms with van der Waals surface area (Å²) in [6.07, 6.45) is 2.48. The van der Waals surface area contributed by atoms with Crippen molar-refractivity contribution in [3.8, 4) is 5.75 Å². The Bertz CT molecular complexity index is 934. The number of hydrogen-bond acceptors (Lipinski definition) is 3. The fourth-order valence-corrected chi connectivity index (χ4v) is 4.81. The third-order valence-electron chi connectivity index (χ3n) is 6.11. The molecule has 0 aliphatic carbocycles. The molecule has 3 heterocycles. The number of piperidine rings is 1. The zero-order valence-electron chi connectivity index (χ0n) is 15.0. The lowest BCUT2D eigenvalue weighted by Crippen LogP contribution is -2.53. The second-order valence-electron chi connectivity index (χ2n) is 7.52. The Morgan fingerprint density at radius 3 is 2.81 bits per heavy atom. The molecule has 1 aromatic heterocycles. The van der Waals surface area contributed by atoms with Gasteiger partial charge < -0.3 is 14.8 Å². The number of hydrogen-bond donors (Lipinski definition) is 2. The van der Waals surface area contributed by atoms with Gasteiger partial charge in [0.2, 0.25) is 0 Å². The van der Waals surface area contributed by atoms with Crippen LogP contribution in [0.25, 0.3) is 10.9 Å². The molecule has 2 N–H and O–H groups in total. The number of benzene rings is 2. The molecule has 2 aliphatic rings. The summed E-state index contributed by atoms with van der Waals surface area (Å²) in [5, 5.41) is 12.0. The van der Waals surface area contributed by atoms with Gasteiger partial charge in [0.15, 0.2) is 0 Å². The molecule has 2 bridgehead atoms. The van der Waals surface area contributed by atoms with Crippen LogP contribution in [0.3, 0.4) is 0 Å². The molecule has 134 valence electrons. The molecule has 5 rings (SSSR count). The number of nitrogens with zero attached hydrogens (tertiary/aromatic N) is 1. The zero-order chi connectivity index (χ0) is 17.7. The lowest BCUT2D eigenvalue weighted by atomic mass is 9.80. The van der Waals surface area contributed by atoms with Crippen LogP contribution in [0.5, 0.6) is 5.75 Å². The second-order valence-corrected chi connectivity index (χ2v) is 7.52. The molecule has 2 aromatic carbocycles. The number of H-pyrrole nitrogens is 1. The number of rotatable bonds is 3. The van der Waals surface area contributed by atoms with Crippen LogP contribution in [0.15, 0.2) is 48.5 Å². The molecule has 2 aliphatic heterocycles. The van der Waals surface area contributed by atoms with Crippen molar-refractivity contribution in [2.24, 2.45) is 0 Å². The summed E-state index contributed by atoms with van der Waals surface area (Å²) in [5.41, 5.74) is 5.15. The molecule has 4 heteroatoms. The molecule has 0 unspecified atom stereocenters. The average molecular weight is 348 g/mol. The van der Waals surface area contributed by atoms with Gasteiger partial charge in [0.1, 0.15) is 5.75 Å². The molecule has 0 radical (unpaired) electrons. The molecule has 1 fully saturated rings. The summed E-state index contributed by atoms with van der Waals surface area (Å²) in [5.74, 6) is 0.886. The molecular formula is C22H24N2O2. The number of aliphatic hydroxyl groups is 1. The first kappa shape index (κ1) is 15.9. The van der Waals surface area contributed by atoms with Gasteiger partial charge in [-0.1, -0.05) is 30.3 Å². The van der Waals surface area contributed by atoms with Crippen molar-refractivity contribution >= 4 is 10.9 Å². The van der Waals surface area contributed by atoms with Crippen LogP contribution in [-0.4, -0.2) is 34.2 Å². The number of aromatic nitrogens is 1. The number of methoxy groups -OCH3 is 1. The van der Waals surface area contributed by atoms with E-state index in [9.17, 15) is 5.11 Å². The highest BCUT2D eigenvalue weighted by molar-refractivity contribution is 5.86. The number of aromatic amines is 1. The van der Waals surface area contributed by atoms with Gasteiger partial charge in [0.25, 0.3) is 0 Å². The van der Waals surface area contributed by atoms with E-state index in [0.29, 0.717) is 6.04 Å². The van der Waals surface area contributed by atoms with Crippen LogP contribution in [0.1, 0.15) is 35.7 Å². The Morgan fingerprint density at radius 1 is 1.15 bits per heavy atom. The van der Waals surface area contributed by atoms with E-state index >= 15 is 0 Å². The van der Waals surface area contributed by atoms with Crippen molar-refractivity contribution in [3.63, 3.8) is 0 Å². The smallest absolute Gasteiger partial charge is 0.119 e. The summed E-state index contributed by atoms with van der Waals surface area (Å²) < 4.78 is 5.42. The number of aliphatic hydroxyl groups excluding tert-OH is 1. The fraction of sp³-hybridized carbons (Fsp3) is 0.364. The Morgan fingerprint density at radius 2 is 2.00 bits per heavy atom. The third kappa shape index (κ3) is 2.44. The van der Waals surface area contributed by atoms with Crippen molar-refractivity contribution < 1.29 is 9.84 Å². The first-order valence-corrected chi connectivity index (χ1v) is 9.41. The molecular weight excluding hydrogens is 324 g/mol. The maximum Gasteiger partial charge on any atom is 0.119 e. The molecule has 0 saturated carbocycles. The van der Waals surface area contributed by atoms with Gasteiger partial charge in [0, 0.05) is 29.2 Å². The normalized spacial score (nSPS) is 25.2. The number of fused-ring (bicyclic) bond motifs is 6. The SMILES string of the molecule is COc1ccc2[nH]c3c(c2c1)C[C@@H]1[C@H](O)CC[C@H]3N1Cc1ccccc1. The lowest BCUT2D eigenvalue weighted by molar-refractivity contribution is -0.0368. The molecule has 0 spiro atoms. The molecule has 4 nitrogen and oxygen atoms in total. The van der Waals surface area contributed by atoms with Crippen LogP contribution < -0.4 is 4.74 Å². The van der Waals surface area contributed by atoms with Crippen LogP contribution in [0.4, 0.5) is 0 Å². The number of ether oxygens (including phenoxy) is 1. The zero-order valence-corrected chi connectivity index (χ0v) is 15.0. The predicted molar refractivity (Wildman–Crippen MR) is 102 cm³/mol. The Hall–Kier alpha value is -2.30. The topological polar surface area (TPSA) is 48.5 Å². The highest BCUT2D eigenvalue weighted by atomic mass is 16.5. The minimum atomic E-state index is -0.265. The summed E-state index contributed by atoms with van der Waals surface area (Å²) >= 11 is 0. The van der Waals surface area contributed by atoms with Gasteiger partial charge in [-0.15, -0.1) is 0 Å². The van der Waals surface area contributed by atoms with Crippen LogP contribution in [0.2, 0.25) is 0 Å². The van der Waals surface area contributed by atoms with E-state index < -0.39 is 0 Å². The van der Waals surface area contributed by atoms with Gasteiger partial charge in [-0.25, -0.2) is 0 Å². The van der Waals surface area contributed by atoms with Crippen molar-refractivity contribution in [1.29, 1.82) is 0 Å². The van der Waals surface area contributed by atoms with Gasteiger partial charge in [-0.05, 0) is 48.6 Å². The Labute approximate surface area is 153 Å². The van der Waals surface area contributed by atoms with Crippen molar-refractivity contribution in [1.82, 2.24) is 9.88 Å². The van der Waals surface area contributed by atoms with Crippen molar-refractivity contribution in [3.05, 3.63) is 65.4 Å². The first-order chi connectivity index (χ1) is 12.7. The monoisotopic (exact) mass is 348 g/mol. The molecule has 0 amide bonds. The predicted octanol–water partition coefficient (Wildman–Crippen LogP) is 3.80. The van der Waals surface area contributed by atoms with E-state index in [0.717, 1.165) is 37.1 Å². The van der Waals surface area contributed by atoms with E-state index in [1.165, 1.54) is 22.2 Å². The highest BCUT2D eigenvalue weighted by Crippen LogP contribution is 2.45. The van der Waals surface area contributed by atoms with Crippen LogP contribution >= 0.6 is 0 Å². The molecule has 3 atom stereocenters. The minimum absolute atomic E-state index is 0.173. The fourth-order valence-electron chi connectivity index (χ4n) is 4.81. The van der Waals surface area contributed by atoms with Gasteiger partial charge >= 0.3 is 0 Å². The van der Waals surface area contributed by atoms with E-state index in [2.05, 4.69) is 52.3 Å². The summed E-state index contributed by atoms with van der Waals surface area (Å²) in [6.45, 7) is 0.880. The highest BCUT2D eigenvalue weighted by Gasteiger charge is 2.43. The standard InChI is InChI=1S/C22H24N2O2/c1-26-15-7-8-18-16(11-15)17-12-20-21(25)10-9-19(22(17)23-18)24(20)13-14-5-3-2-4-6-14/h2-8,11,19-21,23,25H,9-10,12-13H2,1H3/t19-,20-,21-/m1/s1. The van der Waals surface area contributed by atoms with Gasteiger partial charge in [0.05, 0.1) is 19.3 Å². The second kappa shape index (κ2) is 6.15. The van der Waals surface area contributed by atoms with Crippen LogP contribution in [-0.2, 0) is 13.0 Å². The quantitative estimate of drug-likeness (QED) is 0.757.